The fourth-order valence-electron chi connectivity index (χ4n) is 2.42. The van der Waals surface area contributed by atoms with Gasteiger partial charge in [-0.15, -0.1) is 0 Å². The lowest BCUT2D eigenvalue weighted by Gasteiger charge is -2.27. The molecule has 6 nitrogen and oxygen atoms in total. The quantitative estimate of drug-likeness (QED) is 0.768. The Morgan fingerprint density at radius 2 is 2.30 bits per heavy atom. The van der Waals surface area contributed by atoms with Gasteiger partial charge in [-0.25, -0.2) is 9.18 Å². The third kappa shape index (κ3) is 1.49. The number of aromatic nitrogens is 1. The first kappa shape index (κ1) is 12.5. The number of rotatable bonds is 1. The summed E-state index contributed by atoms with van der Waals surface area (Å²) in [6.07, 6.45) is 1.25. The summed E-state index contributed by atoms with van der Waals surface area (Å²) in [6, 6.07) is 0.925. The highest BCUT2D eigenvalue weighted by atomic mass is 19.1. The van der Waals surface area contributed by atoms with E-state index in [0.29, 0.717) is 5.52 Å². The molecular weight excluding hydrogens is 267 g/mol. The molecule has 104 valence electrons. The molecule has 7 heteroatoms. The number of benzene rings is 1. The smallest absolute Gasteiger partial charge is 0.341 e. The normalized spacial score (nSPS) is 17.0. The number of carbonyl (C=O) groups is 1. The third-order valence-electron chi connectivity index (χ3n) is 3.44. The Balaban J connectivity index is 2.60. The SMILES string of the molecule is CC1COc2cc(F)c(N)c3c(=O)c(C(=O)O)cn1c23. The molecular formula is C13H11FN2O4. The number of nitrogens with zero attached hydrogens (tertiary/aromatic N) is 1. The molecule has 1 unspecified atom stereocenters. The van der Waals surface area contributed by atoms with Crippen LogP contribution < -0.4 is 15.9 Å². The van der Waals surface area contributed by atoms with Gasteiger partial charge >= 0.3 is 5.97 Å². The minimum Gasteiger partial charge on any atom is -0.489 e. The van der Waals surface area contributed by atoms with Gasteiger partial charge in [0.1, 0.15) is 17.9 Å². The van der Waals surface area contributed by atoms with Crippen molar-refractivity contribution >= 4 is 22.6 Å². The molecule has 0 bridgehead atoms. The molecule has 20 heavy (non-hydrogen) atoms. The standard InChI is InChI=1S/C13H11FN2O4/c1-5-4-20-8-2-7(14)10(15)9-11(8)16(5)3-6(12(9)17)13(18)19/h2-3,5H,4,15H2,1H3,(H,18,19). The maximum Gasteiger partial charge on any atom is 0.341 e. The molecule has 3 N–H and O–H groups in total. The molecule has 1 aliphatic heterocycles. The van der Waals surface area contributed by atoms with E-state index < -0.39 is 22.8 Å². The van der Waals surface area contributed by atoms with Gasteiger partial charge in [0.25, 0.3) is 0 Å². The summed E-state index contributed by atoms with van der Waals surface area (Å²) >= 11 is 0. The van der Waals surface area contributed by atoms with Crippen LogP contribution in [-0.2, 0) is 0 Å². The Hall–Kier alpha value is -2.57. The van der Waals surface area contributed by atoms with Crippen molar-refractivity contribution in [1.82, 2.24) is 4.57 Å². The van der Waals surface area contributed by atoms with E-state index >= 15 is 0 Å². The highest BCUT2D eigenvalue weighted by Gasteiger charge is 2.26. The Morgan fingerprint density at radius 3 is 2.95 bits per heavy atom. The summed E-state index contributed by atoms with van der Waals surface area (Å²) in [5, 5.41) is 8.95. The monoisotopic (exact) mass is 278 g/mol. The second-order valence-electron chi connectivity index (χ2n) is 4.74. The van der Waals surface area contributed by atoms with Crippen LogP contribution in [0.25, 0.3) is 10.9 Å². The Bertz CT molecular complexity index is 812. The number of anilines is 1. The van der Waals surface area contributed by atoms with Gasteiger partial charge < -0.3 is 20.1 Å². The average Bonchev–Trinajstić information content (AvgIpc) is 2.39. The van der Waals surface area contributed by atoms with Crippen LogP contribution in [0.1, 0.15) is 23.3 Å². The fourth-order valence-corrected chi connectivity index (χ4v) is 2.42. The second-order valence-corrected chi connectivity index (χ2v) is 4.74. The molecule has 0 aliphatic carbocycles. The van der Waals surface area contributed by atoms with Gasteiger partial charge in [-0.2, -0.15) is 0 Å². The van der Waals surface area contributed by atoms with E-state index in [-0.39, 0.29) is 29.5 Å². The lowest BCUT2D eigenvalue weighted by atomic mass is 10.1. The Morgan fingerprint density at radius 1 is 1.60 bits per heavy atom. The molecule has 0 saturated carbocycles. The van der Waals surface area contributed by atoms with E-state index in [1.54, 1.807) is 11.5 Å². The second kappa shape index (κ2) is 3.96. The molecule has 2 heterocycles. The van der Waals surface area contributed by atoms with Crippen LogP contribution >= 0.6 is 0 Å². The lowest BCUT2D eigenvalue weighted by molar-refractivity contribution is 0.0694. The van der Waals surface area contributed by atoms with Crippen molar-refractivity contribution in [2.75, 3.05) is 12.3 Å². The van der Waals surface area contributed by atoms with E-state index in [2.05, 4.69) is 0 Å². The molecule has 0 radical (unpaired) electrons. The Labute approximate surface area is 112 Å². The number of pyridine rings is 1. The number of hydrogen-bond donors (Lipinski definition) is 2. The predicted octanol–water partition coefficient (Wildman–Crippen LogP) is 1.37. The number of nitrogen functional groups attached to an aromatic ring is 1. The van der Waals surface area contributed by atoms with E-state index in [4.69, 9.17) is 15.6 Å². The third-order valence-corrected chi connectivity index (χ3v) is 3.44. The molecule has 0 amide bonds. The van der Waals surface area contributed by atoms with Crippen molar-refractivity contribution in [3.63, 3.8) is 0 Å². The summed E-state index contributed by atoms with van der Waals surface area (Å²) < 4.78 is 20.7. The molecule has 0 saturated heterocycles. The summed E-state index contributed by atoms with van der Waals surface area (Å²) in [5.41, 5.74) is 4.34. The van der Waals surface area contributed by atoms with Gasteiger partial charge in [0.05, 0.1) is 22.6 Å². The largest absolute Gasteiger partial charge is 0.489 e. The van der Waals surface area contributed by atoms with Crippen LogP contribution in [0.4, 0.5) is 10.1 Å². The molecule has 3 rings (SSSR count). The van der Waals surface area contributed by atoms with Crippen molar-refractivity contribution < 1.29 is 19.0 Å². The number of halogens is 1. The van der Waals surface area contributed by atoms with Crippen molar-refractivity contribution in [3.05, 3.63) is 33.9 Å². The summed E-state index contributed by atoms with van der Waals surface area (Å²) in [6.45, 7) is 2.06. The average molecular weight is 278 g/mol. The lowest BCUT2D eigenvalue weighted by Crippen LogP contribution is -2.27. The van der Waals surface area contributed by atoms with E-state index in [1.807, 2.05) is 0 Å². The van der Waals surface area contributed by atoms with Gasteiger partial charge in [0.2, 0.25) is 5.43 Å². The first-order chi connectivity index (χ1) is 9.41. The van der Waals surface area contributed by atoms with Gasteiger partial charge in [0.15, 0.2) is 5.82 Å². The number of nitrogens with two attached hydrogens (primary N) is 1. The molecule has 1 aromatic heterocycles. The number of carboxylic acid groups (broad SMARTS) is 1. The van der Waals surface area contributed by atoms with Crippen molar-refractivity contribution in [2.45, 2.75) is 13.0 Å². The van der Waals surface area contributed by atoms with Gasteiger partial charge in [-0.3, -0.25) is 4.79 Å². The van der Waals surface area contributed by atoms with E-state index in [0.717, 1.165) is 6.07 Å². The molecule has 1 atom stereocenters. The minimum atomic E-state index is -1.37. The summed E-state index contributed by atoms with van der Waals surface area (Å²) in [5.74, 6) is -1.98. The maximum absolute atomic E-state index is 13.8. The minimum absolute atomic E-state index is 0.147. The summed E-state index contributed by atoms with van der Waals surface area (Å²) in [7, 11) is 0. The van der Waals surface area contributed by atoms with Crippen LogP contribution in [0.5, 0.6) is 5.75 Å². The van der Waals surface area contributed by atoms with E-state index in [9.17, 15) is 14.0 Å². The predicted molar refractivity (Wildman–Crippen MR) is 69.7 cm³/mol. The molecule has 0 spiro atoms. The fraction of sp³-hybridized carbons (Fsp3) is 0.231. The van der Waals surface area contributed by atoms with Crippen molar-refractivity contribution in [3.8, 4) is 5.75 Å². The highest BCUT2D eigenvalue weighted by Crippen LogP contribution is 2.35. The van der Waals surface area contributed by atoms with Gasteiger partial charge in [-0.05, 0) is 6.92 Å². The van der Waals surface area contributed by atoms with Crippen LogP contribution in [0.3, 0.4) is 0 Å². The zero-order valence-corrected chi connectivity index (χ0v) is 10.5. The molecule has 0 fully saturated rings. The van der Waals surface area contributed by atoms with Gasteiger partial charge in [-0.1, -0.05) is 0 Å². The van der Waals surface area contributed by atoms with E-state index in [1.165, 1.54) is 6.20 Å². The molecule has 2 aromatic rings. The molecule has 1 aromatic carbocycles. The van der Waals surface area contributed by atoms with Crippen molar-refractivity contribution in [2.24, 2.45) is 0 Å². The van der Waals surface area contributed by atoms with Crippen molar-refractivity contribution in [1.29, 1.82) is 0 Å². The zero-order valence-electron chi connectivity index (χ0n) is 10.5. The number of ether oxygens (including phenoxy) is 1. The van der Waals surface area contributed by atoms with Crippen LogP contribution in [0, 0.1) is 5.82 Å². The summed E-state index contributed by atoms with van der Waals surface area (Å²) in [4.78, 5) is 23.4. The van der Waals surface area contributed by atoms with Crippen LogP contribution in [0.2, 0.25) is 0 Å². The number of hydrogen-bond acceptors (Lipinski definition) is 4. The van der Waals surface area contributed by atoms with Crippen LogP contribution in [0.15, 0.2) is 17.1 Å². The highest BCUT2D eigenvalue weighted by molar-refractivity contribution is 6.00. The topological polar surface area (TPSA) is 94.6 Å². The maximum atomic E-state index is 13.8. The Kier molecular flexibility index (Phi) is 2.47. The molecule has 1 aliphatic rings. The van der Waals surface area contributed by atoms with Crippen LogP contribution in [-0.4, -0.2) is 22.2 Å². The first-order valence-electron chi connectivity index (χ1n) is 5.94. The zero-order chi connectivity index (χ0) is 14.6. The number of carboxylic acids is 1. The van der Waals surface area contributed by atoms with Gasteiger partial charge in [0, 0.05) is 12.3 Å². The first-order valence-corrected chi connectivity index (χ1v) is 5.94. The number of aromatic carboxylic acids is 1.